The van der Waals surface area contributed by atoms with Crippen molar-refractivity contribution in [2.45, 2.75) is 13.5 Å². The molecule has 0 radical (unpaired) electrons. The van der Waals surface area contributed by atoms with Gasteiger partial charge < -0.3 is 24.3 Å². The number of hydrogen-bond acceptors (Lipinski definition) is 5. The standard InChI is InChI=1S/C19H23NO5/c1-12-9-17(25-5)13(10-16(12)24-4)11-20-19(21)18-14(22-2)7-6-8-15(18)23-3/h6-10H,11H2,1-5H3,(H,20,21). The van der Waals surface area contributed by atoms with Gasteiger partial charge in [0.2, 0.25) is 0 Å². The Morgan fingerprint density at radius 1 is 0.880 bits per heavy atom. The molecule has 2 aromatic rings. The maximum absolute atomic E-state index is 12.7. The van der Waals surface area contributed by atoms with E-state index in [4.69, 9.17) is 18.9 Å². The number of aryl methyl sites for hydroxylation is 1. The van der Waals surface area contributed by atoms with Crippen LogP contribution in [0.1, 0.15) is 21.5 Å². The lowest BCUT2D eigenvalue weighted by Crippen LogP contribution is -2.24. The van der Waals surface area contributed by atoms with Gasteiger partial charge >= 0.3 is 0 Å². The van der Waals surface area contributed by atoms with Crippen LogP contribution in [0.15, 0.2) is 30.3 Å². The van der Waals surface area contributed by atoms with Crippen molar-refractivity contribution in [2.75, 3.05) is 28.4 Å². The van der Waals surface area contributed by atoms with E-state index in [9.17, 15) is 4.79 Å². The number of nitrogens with one attached hydrogen (secondary N) is 1. The van der Waals surface area contributed by atoms with Gasteiger partial charge in [-0.15, -0.1) is 0 Å². The van der Waals surface area contributed by atoms with Crippen molar-refractivity contribution in [1.82, 2.24) is 5.32 Å². The van der Waals surface area contributed by atoms with E-state index in [1.807, 2.05) is 19.1 Å². The molecule has 0 saturated carbocycles. The quantitative estimate of drug-likeness (QED) is 0.836. The third-order valence-corrected chi connectivity index (χ3v) is 3.89. The molecule has 2 aromatic carbocycles. The third-order valence-electron chi connectivity index (χ3n) is 3.89. The summed E-state index contributed by atoms with van der Waals surface area (Å²) in [6, 6.07) is 8.93. The lowest BCUT2D eigenvalue weighted by atomic mass is 10.1. The molecule has 0 atom stereocenters. The third kappa shape index (κ3) is 3.96. The van der Waals surface area contributed by atoms with Crippen LogP contribution in [0.5, 0.6) is 23.0 Å². The average molecular weight is 345 g/mol. The van der Waals surface area contributed by atoms with Crippen LogP contribution in [-0.4, -0.2) is 34.3 Å². The van der Waals surface area contributed by atoms with Crippen LogP contribution < -0.4 is 24.3 Å². The summed E-state index contributed by atoms with van der Waals surface area (Å²) >= 11 is 0. The summed E-state index contributed by atoms with van der Waals surface area (Å²) in [6.07, 6.45) is 0. The normalized spacial score (nSPS) is 10.1. The van der Waals surface area contributed by atoms with Gasteiger partial charge in [0.1, 0.15) is 28.6 Å². The number of benzene rings is 2. The van der Waals surface area contributed by atoms with Gasteiger partial charge in [0.25, 0.3) is 5.91 Å². The van der Waals surface area contributed by atoms with Gasteiger partial charge in [-0.2, -0.15) is 0 Å². The first kappa shape index (κ1) is 18.4. The highest BCUT2D eigenvalue weighted by Crippen LogP contribution is 2.30. The first-order valence-corrected chi connectivity index (χ1v) is 7.76. The van der Waals surface area contributed by atoms with Gasteiger partial charge in [-0.3, -0.25) is 4.79 Å². The van der Waals surface area contributed by atoms with E-state index >= 15 is 0 Å². The van der Waals surface area contributed by atoms with E-state index in [-0.39, 0.29) is 12.5 Å². The highest BCUT2D eigenvalue weighted by Gasteiger charge is 2.18. The molecule has 0 aromatic heterocycles. The Hall–Kier alpha value is -2.89. The highest BCUT2D eigenvalue weighted by molar-refractivity contribution is 5.99. The molecule has 1 N–H and O–H groups in total. The summed E-state index contributed by atoms with van der Waals surface area (Å²) in [5.74, 6) is 2.03. The van der Waals surface area contributed by atoms with Gasteiger partial charge in [0.15, 0.2) is 0 Å². The summed E-state index contributed by atoms with van der Waals surface area (Å²) in [5, 5.41) is 2.88. The zero-order valence-corrected chi connectivity index (χ0v) is 15.1. The molecule has 0 unspecified atom stereocenters. The van der Waals surface area contributed by atoms with Crippen molar-refractivity contribution in [2.24, 2.45) is 0 Å². The lowest BCUT2D eigenvalue weighted by Gasteiger charge is -2.15. The van der Waals surface area contributed by atoms with Crippen LogP contribution in [0.4, 0.5) is 0 Å². The molecular formula is C19H23NO5. The van der Waals surface area contributed by atoms with Gasteiger partial charge in [-0.25, -0.2) is 0 Å². The fraction of sp³-hybridized carbons (Fsp3) is 0.316. The van der Waals surface area contributed by atoms with Crippen LogP contribution in [0.2, 0.25) is 0 Å². The molecule has 134 valence electrons. The van der Waals surface area contributed by atoms with Gasteiger partial charge in [-0.05, 0) is 36.8 Å². The second-order valence-corrected chi connectivity index (χ2v) is 5.35. The van der Waals surface area contributed by atoms with Crippen LogP contribution in [0, 0.1) is 6.92 Å². The summed E-state index contributed by atoms with van der Waals surface area (Å²) in [7, 11) is 6.23. The number of ether oxygens (including phenoxy) is 4. The van der Waals surface area contributed by atoms with Crippen LogP contribution in [-0.2, 0) is 6.54 Å². The molecule has 1 amide bonds. The molecular weight excluding hydrogens is 322 g/mol. The van der Waals surface area contributed by atoms with Crippen molar-refractivity contribution in [3.63, 3.8) is 0 Å². The van der Waals surface area contributed by atoms with E-state index in [2.05, 4.69) is 5.32 Å². The van der Waals surface area contributed by atoms with Crippen molar-refractivity contribution in [3.05, 3.63) is 47.0 Å². The zero-order chi connectivity index (χ0) is 18.4. The highest BCUT2D eigenvalue weighted by atomic mass is 16.5. The minimum atomic E-state index is -0.295. The van der Waals surface area contributed by atoms with Crippen molar-refractivity contribution in [1.29, 1.82) is 0 Å². The van der Waals surface area contributed by atoms with Crippen molar-refractivity contribution >= 4 is 5.91 Å². The maximum atomic E-state index is 12.7. The molecule has 0 aliphatic carbocycles. The Bertz CT molecular complexity index is 735. The second kappa shape index (κ2) is 8.28. The first-order valence-electron chi connectivity index (χ1n) is 7.76. The number of methoxy groups -OCH3 is 4. The summed E-state index contributed by atoms with van der Waals surface area (Å²) in [5.41, 5.74) is 2.12. The molecule has 0 aliphatic heterocycles. The van der Waals surface area contributed by atoms with Crippen molar-refractivity contribution in [3.8, 4) is 23.0 Å². The van der Waals surface area contributed by atoms with Gasteiger partial charge in [0.05, 0.1) is 28.4 Å². The average Bonchev–Trinajstić information content (AvgIpc) is 2.65. The number of carbonyl (C=O) groups is 1. The zero-order valence-electron chi connectivity index (χ0n) is 15.1. The predicted octanol–water partition coefficient (Wildman–Crippen LogP) is 2.96. The molecule has 25 heavy (non-hydrogen) atoms. The Morgan fingerprint density at radius 3 is 1.96 bits per heavy atom. The fourth-order valence-corrected chi connectivity index (χ4v) is 2.59. The maximum Gasteiger partial charge on any atom is 0.259 e. The predicted molar refractivity (Wildman–Crippen MR) is 95.0 cm³/mol. The molecule has 6 nitrogen and oxygen atoms in total. The molecule has 0 bridgehead atoms. The second-order valence-electron chi connectivity index (χ2n) is 5.35. The topological polar surface area (TPSA) is 66.0 Å². The summed E-state index contributed by atoms with van der Waals surface area (Å²) in [4.78, 5) is 12.7. The van der Waals surface area contributed by atoms with E-state index in [0.717, 1.165) is 16.9 Å². The Balaban J connectivity index is 2.26. The smallest absolute Gasteiger partial charge is 0.259 e. The fourth-order valence-electron chi connectivity index (χ4n) is 2.59. The molecule has 0 aliphatic rings. The molecule has 0 fully saturated rings. The largest absolute Gasteiger partial charge is 0.496 e. The van der Waals surface area contributed by atoms with Gasteiger partial charge in [-0.1, -0.05) is 6.07 Å². The van der Waals surface area contributed by atoms with Crippen molar-refractivity contribution < 1.29 is 23.7 Å². The molecule has 0 heterocycles. The molecule has 0 saturated heterocycles. The monoisotopic (exact) mass is 345 g/mol. The number of rotatable bonds is 7. The minimum absolute atomic E-state index is 0.278. The van der Waals surface area contributed by atoms with E-state index < -0.39 is 0 Å². The van der Waals surface area contributed by atoms with Crippen LogP contribution in [0.3, 0.4) is 0 Å². The Labute approximate surface area is 147 Å². The molecule has 6 heteroatoms. The molecule has 2 rings (SSSR count). The van der Waals surface area contributed by atoms with E-state index in [0.29, 0.717) is 22.8 Å². The summed E-state index contributed by atoms with van der Waals surface area (Å²) in [6.45, 7) is 2.21. The summed E-state index contributed by atoms with van der Waals surface area (Å²) < 4.78 is 21.3. The number of carbonyl (C=O) groups excluding carboxylic acids is 1. The van der Waals surface area contributed by atoms with Crippen LogP contribution >= 0.6 is 0 Å². The van der Waals surface area contributed by atoms with E-state index in [1.54, 1.807) is 32.4 Å². The van der Waals surface area contributed by atoms with Gasteiger partial charge in [0, 0.05) is 12.1 Å². The number of hydrogen-bond donors (Lipinski definition) is 1. The van der Waals surface area contributed by atoms with E-state index in [1.165, 1.54) is 14.2 Å². The first-order chi connectivity index (χ1) is 12.0. The number of amides is 1. The Morgan fingerprint density at radius 2 is 1.44 bits per heavy atom. The lowest BCUT2D eigenvalue weighted by molar-refractivity contribution is 0.0944. The molecule has 0 spiro atoms. The minimum Gasteiger partial charge on any atom is -0.496 e. The van der Waals surface area contributed by atoms with Crippen LogP contribution in [0.25, 0.3) is 0 Å². The Kier molecular flexibility index (Phi) is 6.11. The SMILES string of the molecule is COc1cc(CNC(=O)c2c(OC)cccc2OC)c(OC)cc1C.